The number of benzene rings is 1. The predicted molar refractivity (Wildman–Crippen MR) is 125 cm³/mol. The molecule has 1 saturated carbocycles. The molecule has 182 valence electrons. The fourth-order valence-corrected chi connectivity index (χ4v) is 3.49. The van der Waals surface area contributed by atoms with E-state index in [2.05, 4.69) is 11.4 Å². The zero-order valence-corrected chi connectivity index (χ0v) is 20.2. The third-order valence-electron chi connectivity index (χ3n) is 5.39. The number of methoxy groups -OCH3 is 1. The number of primary amides is 1. The lowest BCUT2D eigenvalue weighted by Gasteiger charge is -2.27. The Kier molecular flexibility index (Phi) is 9.46. The quantitative estimate of drug-likeness (QED) is 0.514. The number of allylic oxidation sites excluding steroid dienone is 1. The van der Waals surface area contributed by atoms with Crippen molar-refractivity contribution in [3.8, 4) is 0 Å². The highest BCUT2D eigenvalue weighted by Gasteiger charge is 2.30. The molecule has 2 rings (SSSR count). The van der Waals surface area contributed by atoms with Gasteiger partial charge in [0.05, 0.1) is 31.8 Å². The summed E-state index contributed by atoms with van der Waals surface area (Å²) < 4.78 is 16.1. The van der Waals surface area contributed by atoms with Crippen LogP contribution in [0, 0.1) is 5.92 Å². The van der Waals surface area contributed by atoms with Crippen LogP contribution in [0.3, 0.4) is 0 Å². The highest BCUT2D eigenvalue weighted by Crippen LogP contribution is 2.35. The van der Waals surface area contributed by atoms with Crippen LogP contribution >= 0.6 is 0 Å². The van der Waals surface area contributed by atoms with E-state index in [4.69, 9.17) is 19.9 Å². The summed E-state index contributed by atoms with van der Waals surface area (Å²) >= 11 is 0. The van der Waals surface area contributed by atoms with Crippen LogP contribution in [0.25, 0.3) is 6.08 Å². The van der Waals surface area contributed by atoms with E-state index in [0.717, 1.165) is 24.0 Å². The molecule has 33 heavy (non-hydrogen) atoms. The second kappa shape index (κ2) is 11.8. The van der Waals surface area contributed by atoms with Gasteiger partial charge in [-0.25, -0.2) is 4.79 Å². The van der Waals surface area contributed by atoms with Crippen molar-refractivity contribution in [3.05, 3.63) is 41.0 Å². The monoisotopic (exact) mass is 460 g/mol. The SMILES string of the molecule is COC(=O)C1CC(=Cc2ccc(CO[C@H](C)[C@H](CCC(N)=O)NC(=O)OC(C)(C)C)cc2)C1. The van der Waals surface area contributed by atoms with Crippen molar-refractivity contribution in [1.82, 2.24) is 5.32 Å². The summed E-state index contributed by atoms with van der Waals surface area (Å²) in [5.41, 5.74) is 7.93. The zero-order valence-electron chi connectivity index (χ0n) is 20.2. The van der Waals surface area contributed by atoms with Crippen LogP contribution in [0.5, 0.6) is 0 Å². The van der Waals surface area contributed by atoms with Gasteiger partial charge in [0, 0.05) is 6.42 Å². The number of amides is 2. The van der Waals surface area contributed by atoms with E-state index in [1.165, 1.54) is 12.7 Å². The van der Waals surface area contributed by atoms with E-state index in [1.807, 2.05) is 31.2 Å². The Morgan fingerprint density at radius 3 is 2.36 bits per heavy atom. The van der Waals surface area contributed by atoms with E-state index in [0.29, 0.717) is 13.0 Å². The molecule has 0 saturated heterocycles. The molecular weight excluding hydrogens is 424 g/mol. The summed E-state index contributed by atoms with van der Waals surface area (Å²) in [5.74, 6) is -0.608. The fourth-order valence-electron chi connectivity index (χ4n) is 3.49. The Morgan fingerprint density at radius 1 is 1.18 bits per heavy atom. The maximum absolute atomic E-state index is 12.2. The van der Waals surface area contributed by atoms with Crippen molar-refractivity contribution in [2.75, 3.05) is 7.11 Å². The van der Waals surface area contributed by atoms with Crippen LogP contribution in [0.4, 0.5) is 4.79 Å². The van der Waals surface area contributed by atoms with Crippen LogP contribution in [0.1, 0.15) is 64.5 Å². The van der Waals surface area contributed by atoms with Crippen LogP contribution in [-0.2, 0) is 30.4 Å². The number of nitrogens with two attached hydrogens (primary N) is 1. The highest BCUT2D eigenvalue weighted by atomic mass is 16.6. The molecule has 2 atom stereocenters. The molecule has 8 nitrogen and oxygen atoms in total. The highest BCUT2D eigenvalue weighted by molar-refractivity contribution is 5.76. The summed E-state index contributed by atoms with van der Waals surface area (Å²) in [5, 5.41) is 2.79. The number of alkyl carbamates (subject to hydrolysis) is 1. The maximum Gasteiger partial charge on any atom is 0.407 e. The molecule has 0 unspecified atom stereocenters. The van der Waals surface area contributed by atoms with E-state index < -0.39 is 23.6 Å². The summed E-state index contributed by atoms with van der Waals surface area (Å²) in [4.78, 5) is 34.9. The Morgan fingerprint density at radius 2 is 1.82 bits per heavy atom. The van der Waals surface area contributed by atoms with E-state index in [1.54, 1.807) is 20.8 Å². The Hall–Kier alpha value is -2.87. The molecule has 1 fully saturated rings. The van der Waals surface area contributed by atoms with Gasteiger partial charge in [-0.2, -0.15) is 0 Å². The van der Waals surface area contributed by atoms with Crippen molar-refractivity contribution in [1.29, 1.82) is 0 Å². The molecule has 0 spiro atoms. The minimum absolute atomic E-state index is 0.0211. The number of rotatable bonds is 10. The normalized spacial score (nSPS) is 17.4. The summed E-state index contributed by atoms with van der Waals surface area (Å²) in [6.07, 6.45) is 3.15. The van der Waals surface area contributed by atoms with Crippen LogP contribution < -0.4 is 11.1 Å². The minimum atomic E-state index is -0.626. The number of carbonyl (C=O) groups is 3. The molecule has 1 aromatic carbocycles. The van der Waals surface area contributed by atoms with Crippen LogP contribution in [0.2, 0.25) is 0 Å². The second-order valence-corrected chi connectivity index (χ2v) is 9.45. The number of esters is 1. The van der Waals surface area contributed by atoms with Gasteiger partial charge in [-0.1, -0.05) is 35.9 Å². The van der Waals surface area contributed by atoms with Crippen LogP contribution in [0.15, 0.2) is 29.8 Å². The Labute approximate surface area is 195 Å². The number of nitrogens with one attached hydrogen (secondary N) is 1. The summed E-state index contributed by atoms with van der Waals surface area (Å²) in [6, 6.07) is 7.55. The lowest BCUT2D eigenvalue weighted by Crippen LogP contribution is -2.45. The van der Waals surface area contributed by atoms with Crippen molar-refractivity contribution in [3.63, 3.8) is 0 Å². The number of hydrogen-bond donors (Lipinski definition) is 2. The van der Waals surface area contributed by atoms with Crippen molar-refractivity contribution in [2.24, 2.45) is 11.7 Å². The standard InChI is InChI=1S/C25H36N2O6/c1-16(21(10-11-22(26)28)27-24(30)33-25(2,3)4)32-15-18-8-6-17(7-9-18)12-19-13-20(14-19)23(29)31-5/h6-9,12,16,20-21H,10-11,13-15H2,1-5H3,(H2,26,28)(H,27,30)/t16-,20?,21+/m1/s1. The molecule has 2 amide bonds. The third kappa shape index (κ3) is 9.26. The second-order valence-electron chi connectivity index (χ2n) is 9.45. The first-order valence-corrected chi connectivity index (χ1v) is 11.2. The molecule has 0 heterocycles. The third-order valence-corrected chi connectivity index (χ3v) is 5.39. The largest absolute Gasteiger partial charge is 0.469 e. The molecule has 8 heteroatoms. The van der Waals surface area contributed by atoms with Crippen molar-refractivity contribution >= 4 is 24.0 Å². The average molecular weight is 461 g/mol. The van der Waals surface area contributed by atoms with E-state index in [-0.39, 0.29) is 24.4 Å². The molecule has 1 aliphatic rings. The number of ether oxygens (including phenoxy) is 3. The molecule has 1 aliphatic carbocycles. The predicted octanol–water partition coefficient (Wildman–Crippen LogP) is 3.72. The average Bonchev–Trinajstić information content (AvgIpc) is 2.70. The lowest BCUT2D eigenvalue weighted by molar-refractivity contribution is -0.146. The van der Waals surface area contributed by atoms with Gasteiger partial charge in [-0.3, -0.25) is 9.59 Å². The van der Waals surface area contributed by atoms with Gasteiger partial charge in [0.1, 0.15) is 5.60 Å². The van der Waals surface area contributed by atoms with E-state index >= 15 is 0 Å². The van der Waals surface area contributed by atoms with Gasteiger partial charge in [-0.15, -0.1) is 0 Å². The van der Waals surface area contributed by atoms with Gasteiger partial charge in [0.2, 0.25) is 5.91 Å². The molecular formula is C25H36N2O6. The topological polar surface area (TPSA) is 117 Å². The van der Waals surface area contributed by atoms with Gasteiger partial charge in [0.15, 0.2) is 0 Å². The van der Waals surface area contributed by atoms with Gasteiger partial charge >= 0.3 is 12.1 Å². The molecule has 3 N–H and O–H groups in total. The lowest BCUT2D eigenvalue weighted by atomic mass is 9.79. The molecule has 0 bridgehead atoms. The summed E-state index contributed by atoms with van der Waals surface area (Å²) in [7, 11) is 1.42. The van der Waals surface area contributed by atoms with Gasteiger partial charge < -0.3 is 25.3 Å². The van der Waals surface area contributed by atoms with Crippen LogP contribution in [-0.4, -0.2) is 42.8 Å². The first-order valence-electron chi connectivity index (χ1n) is 11.2. The number of carbonyl (C=O) groups excluding carboxylic acids is 3. The molecule has 0 radical (unpaired) electrons. The van der Waals surface area contributed by atoms with Gasteiger partial charge in [-0.05, 0) is 58.1 Å². The molecule has 1 aromatic rings. The first kappa shape index (κ1) is 26.4. The zero-order chi connectivity index (χ0) is 24.6. The smallest absolute Gasteiger partial charge is 0.407 e. The van der Waals surface area contributed by atoms with Crippen molar-refractivity contribution in [2.45, 2.75) is 77.7 Å². The first-order chi connectivity index (χ1) is 15.5. The fraction of sp³-hybridized carbons (Fsp3) is 0.560. The van der Waals surface area contributed by atoms with Crippen molar-refractivity contribution < 1.29 is 28.6 Å². The number of hydrogen-bond acceptors (Lipinski definition) is 6. The van der Waals surface area contributed by atoms with E-state index in [9.17, 15) is 14.4 Å². The maximum atomic E-state index is 12.2. The minimum Gasteiger partial charge on any atom is -0.469 e. The molecule has 0 aliphatic heterocycles. The Bertz CT molecular complexity index is 849. The molecule has 0 aromatic heterocycles. The summed E-state index contributed by atoms with van der Waals surface area (Å²) in [6.45, 7) is 7.55. The van der Waals surface area contributed by atoms with Gasteiger partial charge in [0.25, 0.3) is 0 Å². The Balaban J connectivity index is 1.89.